The summed E-state index contributed by atoms with van der Waals surface area (Å²) >= 11 is 0. The van der Waals surface area contributed by atoms with Crippen LogP contribution in [0.3, 0.4) is 0 Å². The van der Waals surface area contributed by atoms with Gasteiger partial charge < -0.3 is 16.7 Å². The molecule has 4 N–H and O–H groups in total. The fourth-order valence-corrected chi connectivity index (χ4v) is 0. The van der Waals surface area contributed by atoms with Crippen LogP contribution in [0.25, 0.3) is 0 Å². The molecule has 0 rings (SSSR count). The molecule has 0 aliphatic carbocycles. The second kappa shape index (κ2) is 24.3. The molecule has 0 radical (unpaired) electrons. The molecular weight excluding hydrogens is 85.1 g/mol. The summed E-state index contributed by atoms with van der Waals surface area (Å²) in [6.07, 6.45) is 0. The van der Waals surface area contributed by atoms with Crippen molar-refractivity contribution in [3.63, 3.8) is 0 Å². The minimum Gasteiger partial charge on any atom is -0.727 e. The first-order valence-electron chi connectivity index (χ1n) is 0.183. The Kier molecular flexibility index (Phi) is 108. The Hall–Kier alpha value is 1.52. The van der Waals surface area contributed by atoms with Crippen LogP contribution in [0.15, 0.2) is 0 Å². The summed E-state index contributed by atoms with van der Waals surface area (Å²) in [5, 5.41) is 13.0. The van der Waals surface area contributed by atoms with E-state index >= 15 is 0 Å². The maximum Gasteiger partial charge on any atom is 1.00 e. The minimum absolute atomic E-state index is 0. The van der Waals surface area contributed by atoms with E-state index in [1.807, 2.05) is 0 Å². The minimum atomic E-state index is 0. The molecule has 0 aromatic rings. The van der Waals surface area contributed by atoms with Crippen LogP contribution in [0.1, 0.15) is 0 Å². The molecule has 0 saturated carbocycles. The molecule has 0 aromatic carbocycles. The van der Waals surface area contributed by atoms with Crippen LogP contribution >= 0.6 is 0 Å². The van der Waals surface area contributed by atoms with Crippen LogP contribution in [-0.4, -0.2) is 5.26 Å². The van der Waals surface area contributed by atoms with Crippen LogP contribution in [0.4, 0.5) is 0 Å². The summed E-state index contributed by atoms with van der Waals surface area (Å²) in [4.78, 5) is 0. The van der Waals surface area contributed by atoms with Gasteiger partial charge in [-0.1, -0.05) is 0 Å². The van der Waals surface area contributed by atoms with Crippen molar-refractivity contribution in [2.24, 2.45) is 0 Å². The van der Waals surface area contributed by atoms with E-state index in [9.17, 15) is 0 Å². The number of hydrogen-bond donors (Lipinski definition) is 2. The van der Waals surface area contributed by atoms with E-state index < -0.39 is 0 Å². The average molecular weight is 89.1 g/mol. The van der Waals surface area contributed by atoms with Crippen molar-refractivity contribution in [3.8, 4) is 0 Å². The largest absolute Gasteiger partial charge is 1.00 e. The van der Waals surface area contributed by atoms with Crippen molar-refractivity contribution in [1.82, 2.24) is 6.15 Å². The third kappa shape index (κ3) is 9.68. The zero-order valence-corrected chi connectivity index (χ0v) is 5.69. The van der Waals surface area contributed by atoms with E-state index in [1.165, 1.54) is 0 Å². The molecular formula is H4KNO2. The standard InChI is InChI=1S/K.H3N.H2O2/c;;1-2/h;1H3;1-2H/q+1;;/p-1. The SMILES string of the molecule is N.[K+].[O-]O. The van der Waals surface area contributed by atoms with Crippen LogP contribution < -0.4 is 62.8 Å². The van der Waals surface area contributed by atoms with Crippen molar-refractivity contribution in [1.29, 1.82) is 0 Å². The quantitative estimate of drug-likeness (QED) is 0.180. The fraction of sp³-hybridized carbons (Fsp3) is 0. The van der Waals surface area contributed by atoms with E-state index in [4.69, 9.17) is 10.5 Å². The van der Waals surface area contributed by atoms with Crippen molar-refractivity contribution in [2.75, 3.05) is 0 Å². The van der Waals surface area contributed by atoms with Gasteiger partial charge in [0.05, 0.1) is 0 Å². The molecule has 0 amide bonds. The van der Waals surface area contributed by atoms with Gasteiger partial charge >= 0.3 is 51.4 Å². The average Bonchev–Trinajstić information content (AvgIpc) is 1.00. The molecule has 0 heterocycles. The topological polar surface area (TPSA) is 78.3 Å². The Bertz CT molecular complexity index is 6.00. The van der Waals surface area contributed by atoms with Gasteiger partial charge in [-0.2, -0.15) is 0 Å². The zero-order valence-electron chi connectivity index (χ0n) is 2.56. The maximum absolute atomic E-state index is 7.25. The summed E-state index contributed by atoms with van der Waals surface area (Å²) in [6, 6.07) is 0. The van der Waals surface area contributed by atoms with Gasteiger partial charge in [0.15, 0.2) is 0 Å². The van der Waals surface area contributed by atoms with Crippen LogP contribution in [0.2, 0.25) is 0 Å². The Balaban J connectivity index is -0.00000000500. The van der Waals surface area contributed by atoms with Crippen LogP contribution in [-0.2, 0) is 0 Å². The first kappa shape index (κ1) is 17.8. The third-order valence-electron chi connectivity index (χ3n) is 0. The molecule has 4 heteroatoms. The molecule has 0 fully saturated rings. The van der Waals surface area contributed by atoms with Crippen molar-refractivity contribution < 1.29 is 61.9 Å². The molecule has 0 aromatic heterocycles. The summed E-state index contributed by atoms with van der Waals surface area (Å²) in [5.41, 5.74) is 0. The van der Waals surface area contributed by atoms with Gasteiger partial charge in [-0.25, -0.2) is 0 Å². The van der Waals surface area contributed by atoms with Crippen LogP contribution in [0.5, 0.6) is 0 Å². The van der Waals surface area contributed by atoms with E-state index in [0.717, 1.165) is 0 Å². The molecule has 0 aliphatic rings. The summed E-state index contributed by atoms with van der Waals surface area (Å²) in [7, 11) is 0. The van der Waals surface area contributed by atoms with Crippen molar-refractivity contribution >= 4 is 0 Å². The molecule has 0 unspecified atom stereocenters. The van der Waals surface area contributed by atoms with Gasteiger partial charge in [0.1, 0.15) is 0 Å². The predicted octanol–water partition coefficient (Wildman–Crippen LogP) is -4.01. The summed E-state index contributed by atoms with van der Waals surface area (Å²) in [5.74, 6) is 0. The molecule has 22 valence electrons. The second-order valence-corrected chi connectivity index (χ2v) is 0. The van der Waals surface area contributed by atoms with Gasteiger partial charge in [-0.3, -0.25) is 0 Å². The molecule has 0 atom stereocenters. The molecule has 3 nitrogen and oxygen atoms in total. The first-order valence-corrected chi connectivity index (χ1v) is 0.183. The van der Waals surface area contributed by atoms with Gasteiger partial charge in [-0.15, -0.1) is 0 Å². The number of hydrogen-bond acceptors (Lipinski definition) is 3. The smallest absolute Gasteiger partial charge is 0.727 e. The van der Waals surface area contributed by atoms with E-state index in [1.54, 1.807) is 0 Å². The normalized spacial score (nSPS) is 1.50. The summed E-state index contributed by atoms with van der Waals surface area (Å²) < 4.78 is 0. The van der Waals surface area contributed by atoms with E-state index in [0.29, 0.717) is 0 Å². The molecule has 0 saturated heterocycles. The van der Waals surface area contributed by atoms with E-state index in [-0.39, 0.29) is 57.5 Å². The Labute approximate surface area is 67.0 Å². The van der Waals surface area contributed by atoms with Gasteiger partial charge in [0.25, 0.3) is 0 Å². The van der Waals surface area contributed by atoms with Crippen LogP contribution in [0, 0.1) is 0 Å². The summed E-state index contributed by atoms with van der Waals surface area (Å²) in [6.45, 7) is 0. The van der Waals surface area contributed by atoms with Gasteiger partial charge in [-0.05, 0) is 0 Å². The Morgan fingerprint density at radius 1 is 1.25 bits per heavy atom. The first-order chi connectivity index (χ1) is 1.00. The van der Waals surface area contributed by atoms with E-state index in [2.05, 4.69) is 0 Å². The fourth-order valence-electron chi connectivity index (χ4n) is 0. The third-order valence-corrected chi connectivity index (χ3v) is 0. The predicted molar refractivity (Wildman–Crippen MR) is 7.65 cm³/mol. The zero-order chi connectivity index (χ0) is 2.00. The van der Waals surface area contributed by atoms with Crippen molar-refractivity contribution in [2.45, 2.75) is 0 Å². The second-order valence-electron chi connectivity index (χ2n) is 0. The Morgan fingerprint density at radius 2 is 1.25 bits per heavy atom. The Morgan fingerprint density at radius 3 is 1.25 bits per heavy atom. The molecule has 0 aliphatic heterocycles. The molecule has 0 spiro atoms. The molecule has 0 bridgehead atoms. The van der Waals surface area contributed by atoms with Crippen molar-refractivity contribution in [3.05, 3.63) is 0 Å². The molecule has 4 heavy (non-hydrogen) atoms. The number of rotatable bonds is 0. The van der Waals surface area contributed by atoms with Gasteiger partial charge in [0.2, 0.25) is 0 Å². The maximum atomic E-state index is 7.25. The monoisotopic (exact) mass is 89.0 g/mol. The van der Waals surface area contributed by atoms with Gasteiger partial charge in [0, 0.05) is 0 Å².